The number of benzene rings is 4. The molecule has 0 aliphatic carbocycles. The number of carbonyl (C=O) groups excluding carboxylic acids is 2. The lowest BCUT2D eigenvalue weighted by Crippen LogP contribution is -2.54. The maximum atomic E-state index is 14.5. The fourth-order valence-corrected chi connectivity index (χ4v) is 6.49. The number of nitrogens with zero attached hydrogens (tertiary/aromatic N) is 2. The highest BCUT2D eigenvalue weighted by Crippen LogP contribution is 2.29. The Hall–Kier alpha value is -4.50. The van der Waals surface area contributed by atoms with Crippen LogP contribution in [-0.2, 0) is 32.6 Å². The van der Waals surface area contributed by atoms with Gasteiger partial charge in [0.1, 0.15) is 18.4 Å². The fraction of sp³-hybridized carbons (Fsp3) is 0.278. The van der Waals surface area contributed by atoms with Crippen molar-refractivity contribution in [1.29, 1.82) is 0 Å². The van der Waals surface area contributed by atoms with E-state index in [4.69, 9.17) is 0 Å². The van der Waals surface area contributed by atoms with Crippen molar-refractivity contribution in [3.63, 3.8) is 0 Å². The number of nitrogens with one attached hydrogen (secondary N) is 1. The predicted octanol–water partition coefficient (Wildman–Crippen LogP) is 6.19. The number of hydrogen-bond donors (Lipinski definition) is 1. The smallest absolute Gasteiger partial charge is 0.264 e. The van der Waals surface area contributed by atoms with Crippen molar-refractivity contribution in [2.75, 3.05) is 10.8 Å². The van der Waals surface area contributed by atoms with Crippen LogP contribution in [-0.4, -0.2) is 43.8 Å². The second-order valence-corrected chi connectivity index (χ2v) is 13.1. The standard InChI is InChI=1S/C36H40FN3O4S/c1-5-28(4)38-36(42)34(23-29-12-8-6-9-13-29)39(24-30-18-20-31(37)21-19-30)35(41)25-40(33-22-26(2)16-17-27(33)3)45(43,44)32-14-10-7-11-15-32/h6-22,28,34H,5,23-25H2,1-4H3,(H,38,42)/t28-,34-/m1/s1. The lowest BCUT2D eigenvalue weighted by molar-refractivity contribution is -0.140. The van der Waals surface area contributed by atoms with Gasteiger partial charge in [-0.25, -0.2) is 12.8 Å². The monoisotopic (exact) mass is 629 g/mol. The van der Waals surface area contributed by atoms with E-state index in [2.05, 4.69) is 5.32 Å². The molecule has 0 radical (unpaired) electrons. The average molecular weight is 630 g/mol. The van der Waals surface area contributed by atoms with Gasteiger partial charge >= 0.3 is 0 Å². The van der Waals surface area contributed by atoms with Gasteiger partial charge in [-0.2, -0.15) is 0 Å². The van der Waals surface area contributed by atoms with Crippen molar-refractivity contribution < 1.29 is 22.4 Å². The molecule has 0 spiro atoms. The Labute approximate surface area is 265 Å². The largest absolute Gasteiger partial charge is 0.352 e. The molecule has 4 aromatic carbocycles. The molecule has 0 fully saturated rings. The summed E-state index contributed by atoms with van der Waals surface area (Å²) in [6.45, 7) is 6.91. The van der Waals surface area contributed by atoms with Crippen LogP contribution >= 0.6 is 0 Å². The van der Waals surface area contributed by atoms with Crippen molar-refractivity contribution in [2.24, 2.45) is 0 Å². The number of aryl methyl sites for hydroxylation is 2. The summed E-state index contributed by atoms with van der Waals surface area (Å²) in [7, 11) is -4.19. The van der Waals surface area contributed by atoms with Crippen LogP contribution in [0, 0.1) is 19.7 Å². The van der Waals surface area contributed by atoms with Gasteiger partial charge in [0.15, 0.2) is 0 Å². The second kappa shape index (κ2) is 15.0. The number of halogens is 1. The van der Waals surface area contributed by atoms with Crippen molar-refractivity contribution in [3.8, 4) is 0 Å². The molecule has 0 saturated carbocycles. The van der Waals surface area contributed by atoms with Gasteiger partial charge in [-0.05, 0) is 79.8 Å². The molecule has 0 aromatic heterocycles. The Balaban J connectivity index is 1.83. The van der Waals surface area contributed by atoms with Gasteiger partial charge in [0, 0.05) is 19.0 Å². The van der Waals surface area contributed by atoms with Crippen molar-refractivity contribution in [2.45, 2.75) is 64.1 Å². The molecule has 9 heteroatoms. The minimum absolute atomic E-state index is 0.0312. The first-order valence-corrected chi connectivity index (χ1v) is 16.5. The molecule has 2 atom stereocenters. The highest BCUT2D eigenvalue weighted by atomic mass is 32.2. The number of rotatable bonds is 13. The highest BCUT2D eigenvalue weighted by Gasteiger charge is 2.35. The normalized spacial score (nSPS) is 12.6. The molecule has 236 valence electrons. The van der Waals surface area contributed by atoms with Crippen molar-refractivity contribution >= 4 is 27.5 Å². The van der Waals surface area contributed by atoms with E-state index in [0.717, 1.165) is 15.4 Å². The number of carbonyl (C=O) groups is 2. The zero-order valence-electron chi connectivity index (χ0n) is 26.1. The van der Waals surface area contributed by atoms with E-state index in [-0.39, 0.29) is 29.8 Å². The van der Waals surface area contributed by atoms with E-state index in [1.54, 1.807) is 43.3 Å². The van der Waals surface area contributed by atoms with Crippen LogP contribution in [0.2, 0.25) is 0 Å². The number of hydrogen-bond acceptors (Lipinski definition) is 4. The van der Waals surface area contributed by atoms with Gasteiger partial charge in [-0.15, -0.1) is 0 Å². The molecule has 2 amide bonds. The molecule has 0 saturated heterocycles. The Bertz CT molecular complexity index is 1700. The fourth-order valence-electron chi connectivity index (χ4n) is 5.00. The Morgan fingerprint density at radius 1 is 0.844 bits per heavy atom. The van der Waals surface area contributed by atoms with Gasteiger partial charge in [0.05, 0.1) is 10.6 Å². The zero-order valence-corrected chi connectivity index (χ0v) is 26.9. The Morgan fingerprint density at radius 3 is 2.09 bits per heavy atom. The summed E-state index contributed by atoms with van der Waals surface area (Å²) >= 11 is 0. The van der Waals surface area contributed by atoms with E-state index in [9.17, 15) is 22.4 Å². The summed E-state index contributed by atoms with van der Waals surface area (Å²) in [5.74, 6) is -1.35. The summed E-state index contributed by atoms with van der Waals surface area (Å²) in [5.41, 5.74) is 3.31. The summed E-state index contributed by atoms with van der Waals surface area (Å²) in [6.07, 6.45) is 0.885. The molecule has 1 N–H and O–H groups in total. The van der Waals surface area contributed by atoms with E-state index in [1.807, 2.05) is 63.2 Å². The van der Waals surface area contributed by atoms with Crippen LogP contribution in [0.25, 0.3) is 0 Å². The number of sulfonamides is 1. The maximum absolute atomic E-state index is 14.5. The molecule has 4 rings (SSSR count). The van der Waals surface area contributed by atoms with E-state index >= 15 is 0 Å². The van der Waals surface area contributed by atoms with E-state index in [1.165, 1.54) is 29.2 Å². The van der Waals surface area contributed by atoms with Crippen molar-refractivity contribution in [1.82, 2.24) is 10.2 Å². The van der Waals surface area contributed by atoms with Crippen LogP contribution < -0.4 is 9.62 Å². The third-order valence-electron chi connectivity index (χ3n) is 7.78. The molecule has 0 unspecified atom stereocenters. The van der Waals surface area contributed by atoms with Gasteiger partial charge in [-0.3, -0.25) is 13.9 Å². The topological polar surface area (TPSA) is 86.8 Å². The van der Waals surface area contributed by atoms with Crippen LogP contribution in [0.3, 0.4) is 0 Å². The predicted molar refractivity (Wildman–Crippen MR) is 176 cm³/mol. The minimum atomic E-state index is -4.19. The van der Waals surface area contributed by atoms with Gasteiger partial charge in [0.2, 0.25) is 11.8 Å². The molecule has 0 aliphatic heterocycles. The molecular formula is C36H40FN3O4S. The third-order valence-corrected chi connectivity index (χ3v) is 9.56. The van der Waals surface area contributed by atoms with E-state index in [0.29, 0.717) is 23.2 Å². The average Bonchev–Trinajstić information content (AvgIpc) is 3.04. The first kappa shape index (κ1) is 33.4. The highest BCUT2D eigenvalue weighted by molar-refractivity contribution is 7.92. The van der Waals surface area contributed by atoms with Crippen molar-refractivity contribution in [3.05, 3.63) is 131 Å². The van der Waals surface area contributed by atoms with E-state index < -0.39 is 34.3 Å². The minimum Gasteiger partial charge on any atom is -0.352 e. The van der Waals surface area contributed by atoms with Crippen LogP contribution in [0.5, 0.6) is 0 Å². The van der Waals surface area contributed by atoms with Crippen LogP contribution in [0.1, 0.15) is 42.5 Å². The SMILES string of the molecule is CC[C@@H](C)NC(=O)[C@@H](Cc1ccccc1)N(Cc1ccc(F)cc1)C(=O)CN(c1cc(C)ccc1C)S(=O)(=O)c1ccccc1. The number of anilines is 1. The number of amides is 2. The lowest BCUT2D eigenvalue weighted by atomic mass is 10.0. The molecule has 0 bridgehead atoms. The first-order chi connectivity index (χ1) is 21.5. The Kier molecular flexibility index (Phi) is 11.1. The Morgan fingerprint density at radius 2 is 1.47 bits per heavy atom. The molecule has 4 aromatic rings. The quantitative estimate of drug-likeness (QED) is 0.191. The third kappa shape index (κ3) is 8.57. The molecular weight excluding hydrogens is 589 g/mol. The van der Waals surface area contributed by atoms with Gasteiger partial charge < -0.3 is 10.2 Å². The molecule has 7 nitrogen and oxygen atoms in total. The molecule has 45 heavy (non-hydrogen) atoms. The molecule has 0 heterocycles. The maximum Gasteiger partial charge on any atom is 0.264 e. The van der Waals surface area contributed by atoms with Gasteiger partial charge in [0.25, 0.3) is 10.0 Å². The summed E-state index contributed by atoms with van der Waals surface area (Å²) in [4.78, 5) is 29.9. The summed E-state index contributed by atoms with van der Waals surface area (Å²) in [5, 5.41) is 3.01. The summed E-state index contributed by atoms with van der Waals surface area (Å²) < 4.78 is 43.3. The molecule has 0 aliphatic rings. The lowest BCUT2D eigenvalue weighted by Gasteiger charge is -2.34. The van der Waals surface area contributed by atoms with Gasteiger partial charge in [-0.1, -0.05) is 79.7 Å². The second-order valence-electron chi connectivity index (χ2n) is 11.3. The first-order valence-electron chi connectivity index (χ1n) is 15.0. The van der Waals surface area contributed by atoms with Crippen LogP contribution in [0.4, 0.5) is 10.1 Å². The zero-order chi connectivity index (χ0) is 32.6. The summed E-state index contributed by atoms with van der Waals surface area (Å²) in [6, 6.07) is 27.4. The van der Waals surface area contributed by atoms with Crippen LogP contribution in [0.15, 0.2) is 108 Å².